The molecule has 1 amide bonds. The Labute approximate surface area is 228 Å². The van der Waals surface area contributed by atoms with Crippen molar-refractivity contribution >= 4 is 35.0 Å². The lowest BCUT2D eigenvalue weighted by Gasteiger charge is -2.18. The molecule has 0 aliphatic heterocycles. The van der Waals surface area contributed by atoms with Crippen LogP contribution >= 0.6 is 23.4 Å². The van der Waals surface area contributed by atoms with Gasteiger partial charge >= 0.3 is 0 Å². The van der Waals surface area contributed by atoms with Gasteiger partial charge in [-0.25, -0.2) is 4.39 Å². The summed E-state index contributed by atoms with van der Waals surface area (Å²) in [6, 6.07) is 29.9. The topological polar surface area (TPSA) is 69.0 Å². The normalized spacial score (nSPS) is 11.7. The minimum atomic E-state index is -0.679. The number of anilines is 1. The number of methoxy groups -OCH3 is 1. The van der Waals surface area contributed by atoms with E-state index < -0.39 is 5.25 Å². The second-order valence-corrected chi connectivity index (χ2v) is 9.70. The van der Waals surface area contributed by atoms with Crippen molar-refractivity contribution in [3.63, 3.8) is 0 Å². The van der Waals surface area contributed by atoms with Crippen molar-refractivity contribution in [2.45, 2.75) is 10.4 Å². The van der Waals surface area contributed by atoms with E-state index in [4.69, 9.17) is 16.3 Å². The van der Waals surface area contributed by atoms with Gasteiger partial charge < -0.3 is 10.1 Å². The number of aromatic nitrogens is 3. The Morgan fingerprint density at radius 1 is 0.921 bits per heavy atom. The number of hydrogen-bond donors (Lipinski definition) is 1. The number of hydrogen-bond acceptors (Lipinski definition) is 5. The number of benzene rings is 4. The minimum absolute atomic E-state index is 0.281. The summed E-state index contributed by atoms with van der Waals surface area (Å²) in [7, 11) is 1.61. The smallest absolute Gasteiger partial charge is 0.242 e. The standard InChI is InChI=1S/C29H22ClFN4O2S/c1-37-23-17-15-22(16-18-23)35-27(24-9-5-6-10-25(24)30)33-34-29(35)38-26(19-7-3-2-4-8-19)28(36)32-21-13-11-20(31)12-14-21/h2-18,26H,1H3,(H,32,36)/t26-/m1/s1. The van der Waals surface area contributed by atoms with Gasteiger partial charge in [-0.3, -0.25) is 9.36 Å². The number of thioether (sulfide) groups is 1. The van der Waals surface area contributed by atoms with Crippen LogP contribution in [0.25, 0.3) is 17.1 Å². The van der Waals surface area contributed by atoms with Gasteiger partial charge in [-0.15, -0.1) is 10.2 Å². The van der Waals surface area contributed by atoms with Crippen molar-refractivity contribution in [2.24, 2.45) is 0 Å². The number of ether oxygens (including phenoxy) is 1. The molecule has 1 heterocycles. The summed E-state index contributed by atoms with van der Waals surface area (Å²) in [5.41, 5.74) is 2.75. The van der Waals surface area contributed by atoms with Crippen molar-refractivity contribution in [2.75, 3.05) is 12.4 Å². The van der Waals surface area contributed by atoms with Crippen LogP contribution in [0.3, 0.4) is 0 Å². The first kappa shape index (κ1) is 25.5. The van der Waals surface area contributed by atoms with Gasteiger partial charge in [0.15, 0.2) is 11.0 Å². The highest BCUT2D eigenvalue weighted by Gasteiger charge is 2.27. The summed E-state index contributed by atoms with van der Waals surface area (Å²) in [6.07, 6.45) is 0. The third-order valence-corrected chi connectivity index (χ3v) is 7.28. The van der Waals surface area contributed by atoms with Crippen LogP contribution in [0.5, 0.6) is 5.75 Å². The third-order valence-electron chi connectivity index (χ3n) is 5.75. The van der Waals surface area contributed by atoms with Crippen molar-refractivity contribution in [3.05, 3.63) is 120 Å². The molecular formula is C29H22ClFN4O2S. The zero-order valence-corrected chi connectivity index (χ0v) is 21.8. The quantitative estimate of drug-likeness (QED) is 0.209. The van der Waals surface area contributed by atoms with Gasteiger partial charge in [0, 0.05) is 16.9 Å². The predicted octanol–water partition coefficient (Wildman–Crippen LogP) is 7.21. The van der Waals surface area contributed by atoms with E-state index in [1.54, 1.807) is 13.2 Å². The minimum Gasteiger partial charge on any atom is -0.497 e. The lowest BCUT2D eigenvalue weighted by Crippen LogP contribution is -2.19. The fourth-order valence-electron chi connectivity index (χ4n) is 3.87. The van der Waals surface area contributed by atoms with Crippen LogP contribution in [0.15, 0.2) is 108 Å². The van der Waals surface area contributed by atoms with Crippen LogP contribution in [0.4, 0.5) is 10.1 Å². The molecule has 0 saturated carbocycles. The Morgan fingerprint density at radius 3 is 2.29 bits per heavy atom. The first-order valence-corrected chi connectivity index (χ1v) is 12.9. The van der Waals surface area contributed by atoms with E-state index in [-0.39, 0.29) is 11.7 Å². The zero-order chi connectivity index (χ0) is 26.5. The maximum absolute atomic E-state index is 13.5. The molecule has 4 aromatic carbocycles. The van der Waals surface area contributed by atoms with Gasteiger partial charge in [-0.05, 0) is 66.2 Å². The molecule has 0 saturated heterocycles. The predicted molar refractivity (Wildman–Crippen MR) is 148 cm³/mol. The molecule has 1 atom stereocenters. The third kappa shape index (κ3) is 5.56. The Hall–Kier alpha value is -4.14. The van der Waals surface area contributed by atoms with E-state index in [1.165, 1.54) is 36.0 Å². The number of amides is 1. The van der Waals surface area contributed by atoms with E-state index in [1.807, 2.05) is 77.4 Å². The zero-order valence-electron chi connectivity index (χ0n) is 20.2. The number of rotatable bonds is 8. The Kier molecular flexibility index (Phi) is 7.72. The molecule has 9 heteroatoms. The molecule has 0 bridgehead atoms. The molecule has 190 valence electrons. The van der Waals surface area contributed by atoms with E-state index in [9.17, 15) is 9.18 Å². The van der Waals surface area contributed by atoms with Crippen LogP contribution in [-0.2, 0) is 4.79 Å². The summed E-state index contributed by atoms with van der Waals surface area (Å²) in [6.45, 7) is 0. The number of carbonyl (C=O) groups is 1. The van der Waals surface area contributed by atoms with Crippen LogP contribution in [0, 0.1) is 5.82 Å². The molecule has 0 unspecified atom stereocenters. The molecule has 0 aliphatic carbocycles. The Bertz CT molecular complexity index is 1540. The van der Waals surface area contributed by atoms with Crippen LogP contribution < -0.4 is 10.1 Å². The molecular weight excluding hydrogens is 523 g/mol. The van der Waals surface area contributed by atoms with Crippen molar-refractivity contribution in [1.29, 1.82) is 0 Å². The van der Waals surface area contributed by atoms with Gasteiger partial charge in [0.25, 0.3) is 0 Å². The van der Waals surface area contributed by atoms with Crippen LogP contribution in [0.1, 0.15) is 10.8 Å². The highest BCUT2D eigenvalue weighted by atomic mass is 35.5. The molecule has 6 nitrogen and oxygen atoms in total. The van der Waals surface area contributed by atoms with Gasteiger partial charge in [0.05, 0.1) is 12.1 Å². The van der Waals surface area contributed by atoms with Crippen LogP contribution in [-0.4, -0.2) is 27.8 Å². The van der Waals surface area contributed by atoms with E-state index in [0.717, 1.165) is 11.3 Å². The second kappa shape index (κ2) is 11.5. The highest BCUT2D eigenvalue weighted by Crippen LogP contribution is 2.39. The monoisotopic (exact) mass is 544 g/mol. The number of nitrogens with one attached hydrogen (secondary N) is 1. The van der Waals surface area contributed by atoms with E-state index in [2.05, 4.69) is 15.5 Å². The molecule has 1 N–H and O–H groups in total. The molecule has 0 fully saturated rings. The fraction of sp³-hybridized carbons (Fsp3) is 0.0690. The lowest BCUT2D eigenvalue weighted by atomic mass is 10.1. The van der Waals surface area contributed by atoms with E-state index >= 15 is 0 Å². The molecule has 0 aliphatic rings. The number of halogens is 2. The molecule has 5 rings (SSSR count). The van der Waals surface area contributed by atoms with Gasteiger partial charge in [0.1, 0.15) is 16.8 Å². The SMILES string of the molecule is COc1ccc(-n2c(S[C@@H](C(=O)Nc3ccc(F)cc3)c3ccccc3)nnc2-c2ccccc2Cl)cc1. The molecule has 5 aromatic rings. The largest absolute Gasteiger partial charge is 0.497 e. The second-order valence-electron chi connectivity index (χ2n) is 8.22. The summed E-state index contributed by atoms with van der Waals surface area (Å²) >= 11 is 7.78. The van der Waals surface area contributed by atoms with Crippen molar-refractivity contribution < 1.29 is 13.9 Å². The summed E-state index contributed by atoms with van der Waals surface area (Å²) in [5.74, 6) is 0.582. The Balaban J connectivity index is 1.58. The Morgan fingerprint density at radius 2 is 1.61 bits per heavy atom. The van der Waals surface area contributed by atoms with Crippen LogP contribution in [0.2, 0.25) is 5.02 Å². The average molecular weight is 545 g/mol. The number of carbonyl (C=O) groups excluding carboxylic acids is 1. The maximum Gasteiger partial charge on any atom is 0.242 e. The molecule has 1 aromatic heterocycles. The highest BCUT2D eigenvalue weighted by molar-refractivity contribution is 8.00. The lowest BCUT2D eigenvalue weighted by molar-refractivity contribution is -0.115. The molecule has 0 spiro atoms. The van der Waals surface area contributed by atoms with Gasteiger partial charge in [-0.1, -0.05) is 65.8 Å². The van der Waals surface area contributed by atoms with Gasteiger partial charge in [0.2, 0.25) is 5.91 Å². The maximum atomic E-state index is 13.5. The fourth-order valence-corrected chi connectivity index (χ4v) is 5.15. The summed E-state index contributed by atoms with van der Waals surface area (Å²) in [5, 5.41) is 12.2. The van der Waals surface area contributed by atoms with Gasteiger partial charge in [-0.2, -0.15) is 0 Å². The molecule has 0 radical (unpaired) electrons. The first-order chi connectivity index (χ1) is 18.5. The molecule has 38 heavy (non-hydrogen) atoms. The number of nitrogens with zero attached hydrogens (tertiary/aromatic N) is 3. The first-order valence-electron chi connectivity index (χ1n) is 11.7. The summed E-state index contributed by atoms with van der Waals surface area (Å²) < 4.78 is 20.6. The average Bonchev–Trinajstić information content (AvgIpc) is 3.37. The van der Waals surface area contributed by atoms with E-state index in [0.29, 0.717) is 33.0 Å². The summed E-state index contributed by atoms with van der Waals surface area (Å²) in [4.78, 5) is 13.5. The van der Waals surface area contributed by atoms with Crippen molar-refractivity contribution in [3.8, 4) is 22.8 Å². The van der Waals surface area contributed by atoms with Crippen molar-refractivity contribution in [1.82, 2.24) is 14.8 Å².